The van der Waals surface area contributed by atoms with E-state index in [1.165, 1.54) is 6.33 Å². The number of aromatic nitrogens is 2. The van der Waals surface area contributed by atoms with Gasteiger partial charge in [-0.15, -0.1) is 0 Å². The quantitative estimate of drug-likeness (QED) is 0.819. The van der Waals surface area contributed by atoms with Gasteiger partial charge in [0.2, 0.25) is 5.91 Å². The molecule has 1 aromatic heterocycles. The Morgan fingerprint density at radius 3 is 2.79 bits per heavy atom. The number of rotatable bonds is 4. The molecule has 5 heteroatoms. The number of nitrogens with one attached hydrogen (secondary N) is 1. The topological polar surface area (TPSA) is 80.9 Å². The predicted molar refractivity (Wildman–Crippen MR) is 74.6 cm³/mol. The van der Waals surface area contributed by atoms with Crippen molar-refractivity contribution in [3.05, 3.63) is 48.0 Å². The van der Waals surface area contributed by atoms with E-state index in [2.05, 4.69) is 15.3 Å². The Morgan fingerprint density at radius 1 is 1.32 bits per heavy atom. The van der Waals surface area contributed by atoms with Crippen LogP contribution in [0.3, 0.4) is 0 Å². The lowest BCUT2D eigenvalue weighted by Gasteiger charge is -2.09. The van der Waals surface area contributed by atoms with E-state index < -0.39 is 0 Å². The number of carbonyl (C=O) groups is 1. The Hall–Kier alpha value is -2.43. The third-order valence-corrected chi connectivity index (χ3v) is 2.74. The van der Waals surface area contributed by atoms with Crippen LogP contribution in [0.2, 0.25) is 0 Å². The van der Waals surface area contributed by atoms with Crippen molar-refractivity contribution in [3.63, 3.8) is 0 Å². The molecule has 1 amide bonds. The minimum Gasteiger partial charge on any atom is -0.397 e. The van der Waals surface area contributed by atoms with E-state index in [0.717, 1.165) is 11.1 Å². The smallest absolute Gasteiger partial charge is 0.224 e. The van der Waals surface area contributed by atoms with Crippen LogP contribution in [0.25, 0.3) is 0 Å². The summed E-state index contributed by atoms with van der Waals surface area (Å²) < 4.78 is 0. The summed E-state index contributed by atoms with van der Waals surface area (Å²) in [5.74, 6) is -0.0684. The third-order valence-electron chi connectivity index (χ3n) is 2.74. The van der Waals surface area contributed by atoms with Crippen molar-refractivity contribution in [2.45, 2.75) is 19.8 Å². The summed E-state index contributed by atoms with van der Waals surface area (Å²) in [5.41, 5.74) is 9.04. The Balaban J connectivity index is 1.93. The number of nitrogens with two attached hydrogens (primary N) is 1. The third kappa shape index (κ3) is 3.77. The van der Waals surface area contributed by atoms with Crippen LogP contribution in [0, 0.1) is 6.92 Å². The van der Waals surface area contributed by atoms with E-state index in [1.807, 2.05) is 19.1 Å². The van der Waals surface area contributed by atoms with Gasteiger partial charge in [-0.2, -0.15) is 0 Å². The molecule has 0 unspecified atom stereocenters. The number of hydrogen-bond acceptors (Lipinski definition) is 4. The van der Waals surface area contributed by atoms with E-state index in [4.69, 9.17) is 5.73 Å². The van der Waals surface area contributed by atoms with E-state index in [0.29, 0.717) is 24.2 Å². The van der Waals surface area contributed by atoms with Crippen molar-refractivity contribution in [1.82, 2.24) is 9.97 Å². The minimum absolute atomic E-state index is 0.0684. The van der Waals surface area contributed by atoms with Crippen LogP contribution < -0.4 is 11.1 Å². The Morgan fingerprint density at radius 2 is 2.05 bits per heavy atom. The van der Waals surface area contributed by atoms with E-state index in [9.17, 15) is 4.79 Å². The lowest BCUT2D eigenvalue weighted by Crippen LogP contribution is -2.13. The predicted octanol–water partition coefficient (Wildman–Crippen LogP) is 1.94. The van der Waals surface area contributed by atoms with Crippen LogP contribution >= 0.6 is 0 Å². The molecule has 5 nitrogen and oxygen atoms in total. The average Bonchev–Trinajstić information content (AvgIpc) is 2.42. The number of carbonyl (C=O) groups excluding carboxylic acids is 1. The molecule has 3 N–H and O–H groups in total. The van der Waals surface area contributed by atoms with E-state index in [1.54, 1.807) is 18.5 Å². The van der Waals surface area contributed by atoms with Crippen LogP contribution in [-0.2, 0) is 11.2 Å². The van der Waals surface area contributed by atoms with Gasteiger partial charge in [-0.05, 0) is 36.6 Å². The first-order valence-electron chi connectivity index (χ1n) is 6.05. The maximum Gasteiger partial charge on any atom is 0.224 e. The number of anilines is 2. The first kappa shape index (κ1) is 13.0. The molecule has 0 saturated carbocycles. The molecule has 2 aromatic rings. The molecule has 0 aliphatic carbocycles. The van der Waals surface area contributed by atoms with Crippen molar-refractivity contribution in [2.75, 3.05) is 11.1 Å². The zero-order valence-corrected chi connectivity index (χ0v) is 10.8. The van der Waals surface area contributed by atoms with Gasteiger partial charge in [0, 0.05) is 18.8 Å². The molecule has 0 aliphatic rings. The lowest BCUT2D eigenvalue weighted by atomic mass is 10.1. The Bertz CT molecular complexity index is 569. The van der Waals surface area contributed by atoms with E-state index >= 15 is 0 Å². The molecule has 0 radical (unpaired) electrons. The van der Waals surface area contributed by atoms with Gasteiger partial charge < -0.3 is 11.1 Å². The normalized spacial score (nSPS) is 10.2. The monoisotopic (exact) mass is 256 g/mol. The number of nitrogen functional groups attached to an aromatic ring is 1. The largest absolute Gasteiger partial charge is 0.397 e. The van der Waals surface area contributed by atoms with Gasteiger partial charge in [-0.25, -0.2) is 9.97 Å². The highest BCUT2D eigenvalue weighted by atomic mass is 16.1. The second-order valence-electron chi connectivity index (χ2n) is 4.39. The molecule has 0 bridgehead atoms. The van der Waals surface area contributed by atoms with E-state index in [-0.39, 0.29) is 5.91 Å². The first-order valence-corrected chi connectivity index (χ1v) is 6.05. The van der Waals surface area contributed by atoms with Crippen LogP contribution in [-0.4, -0.2) is 15.9 Å². The van der Waals surface area contributed by atoms with Crippen molar-refractivity contribution in [1.29, 1.82) is 0 Å². The molecule has 2 rings (SSSR count). The van der Waals surface area contributed by atoms with Gasteiger partial charge in [0.1, 0.15) is 6.33 Å². The van der Waals surface area contributed by atoms with Crippen molar-refractivity contribution < 1.29 is 4.79 Å². The molecular weight excluding hydrogens is 240 g/mol. The highest BCUT2D eigenvalue weighted by Gasteiger charge is 2.06. The van der Waals surface area contributed by atoms with Gasteiger partial charge in [0.25, 0.3) is 0 Å². The van der Waals surface area contributed by atoms with Crippen LogP contribution in [0.1, 0.15) is 17.5 Å². The fraction of sp³-hybridized carbons (Fsp3) is 0.214. The molecule has 0 aliphatic heterocycles. The average molecular weight is 256 g/mol. The van der Waals surface area contributed by atoms with Gasteiger partial charge >= 0.3 is 0 Å². The summed E-state index contributed by atoms with van der Waals surface area (Å²) in [7, 11) is 0. The Kier molecular flexibility index (Phi) is 4.07. The van der Waals surface area contributed by atoms with Crippen LogP contribution in [0.4, 0.5) is 11.4 Å². The molecule has 1 heterocycles. The summed E-state index contributed by atoms with van der Waals surface area (Å²) in [6, 6.07) is 5.56. The molecular formula is C14H16N4O. The molecule has 0 atom stereocenters. The number of nitrogens with zero attached hydrogens (tertiary/aromatic N) is 2. The second kappa shape index (κ2) is 5.95. The fourth-order valence-corrected chi connectivity index (χ4v) is 1.71. The molecule has 1 aromatic carbocycles. The van der Waals surface area contributed by atoms with Gasteiger partial charge in [-0.3, -0.25) is 4.79 Å². The van der Waals surface area contributed by atoms with Crippen LogP contribution in [0.15, 0.2) is 36.9 Å². The Labute approximate surface area is 111 Å². The summed E-state index contributed by atoms with van der Waals surface area (Å²) in [6.07, 6.45) is 5.87. The van der Waals surface area contributed by atoms with Gasteiger partial charge in [0.15, 0.2) is 0 Å². The standard InChI is InChI=1S/C14H16N4O/c1-10-2-4-12(15)13(6-10)18-14(19)5-3-11-7-16-9-17-8-11/h2,4,6-9H,3,5,15H2,1H3,(H,18,19). The fourth-order valence-electron chi connectivity index (χ4n) is 1.71. The number of amides is 1. The second-order valence-corrected chi connectivity index (χ2v) is 4.39. The number of aryl methyl sites for hydroxylation is 2. The van der Waals surface area contributed by atoms with Crippen LogP contribution in [0.5, 0.6) is 0 Å². The minimum atomic E-state index is -0.0684. The highest BCUT2D eigenvalue weighted by molar-refractivity contribution is 5.94. The van der Waals surface area contributed by atoms with Gasteiger partial charge in [0.05, 0.1) is 11.4 Å². The highest BCUT2D eigenvalue weighted by Crippen LogP contribution is 2.19. The number of hydrogen-bond donors (Lipinski definition) is 2. The van der Waals surface area contributed by atoms with Crippen molar-refractivity contribution in [2.24, 2.45) is 0 Å². The molecule has 0 fully saturated rings. The zero-order chi connectivity index (χ0) is 13.7. The summed E-state index contributed by atoms with van der Waals surface area (Å²) in [6.45, 7) is 1.95. The first-order chi connectivity index (χ1) is 9.15. The molecule has 19 heavy (non-hydrogen) atoms. The number of benzene rings is 1. The molecule has 0 spiro atoms. The van der Waals surface area contributed by atoms with Gasteiger partial charge in [-0.1, -0.05) is 6.07 Å². The summed E-state index contributed by atoms with van der Waals surface area (Å²) in [4.78, 5) is 19.7. The maximum absolute atomic E-state index is 11.8. The lowest BCUT2D eigenvalue weighted by molar-refractivity contribution is -0.116. The zero-order valence-electron chi connectivity index (χ0n) is 10.8. The SMILES string of the molecule is Cc1ccc(N)c(NC(=O)CCc2cncnc2)c1. The molecule has 98 valence electrons. The maximum atomic E-state index is 11.8. The van der Waals surface area contributed by atoms with Crippen molar-refractivity contribution >= 4 is 17.3 Å². The summed E-state index contributed by atoms with van der Waals surface area (Å²) >= 11 is 0. The molecule has 0 saturated heterocycles. The van der Waals surface area contributed by atoms with Crippen molar-refractivity contribution in [3.8, 4) is 0 Å². The summed E-state index contributed by atoms with van der Waals surface area (Å²) in [5, 5.41) is 2.82.